The molecule has 1 heterocycles. The first-order chi connectivity index (χ1) is 16.1. The summed E-state index contributed by atoms with van der Waals surface area (Å²) in [4.78, 5) is 41.3. The zero-order valence-electron chi connectivity index (χ0n) is 20.8. The summed E-state index contributed by atoms with van der Waals surface area (Å²) < 4.78 is 0. The number of nitrogens with one attached hydrogen (secondary N) is 2. The molecule has 7 heteroatoms. The van der Waals surface area contributed by atoms with Gasteiger partial charge in [-0.25, -0.2) is 4.79 Å². The van der Waals surface area contributed by atoms with Gasteiger partial charge in [0.1, 0.15) is 0 Å². The van der Waals surface area contributed by atoms with Crippen molar-refractivity contribution >= 4 is 23.5 Å². The maximum Gasteiger partial charge on any atom is 0.319 e. The predicted molar refractivity (Wildman–Crippen MR) is 132 cm³/mol. The van der Waals surface area contributed by atoms with Crippen molar-refractivity contribution in [3.8, 4) is 0 Å². The number of hydrogen-bond donors (Lipinski definition) is 2. The summed E-state index contributed by atoms with van der Waals surface area (Å²) in [6.45, 7) is 8.93. The van der Waals surface area contributed by atoms with E-state index in [1.165, 1.54) is 19.3 Å². The highest BCUT2D eigenvalue weighted by Gasteiger charge is 2.60. The Balaban J connectivity index is 1.17. The Bertz CT molecular complexity index is 964. The topological polar surface area (TPSA) is 81.8 Å². The van der Waals surface area contributed by atoms with Crippen molar-refractivity contribution in [2.24, 2.45) is 16.7 Å². The summed E-state index contributed by atoms with van der Waals surface area (Å²) in [6.07, 6.45) is 7.61. The molecule has 1 aromatic carbocycles. The first kappa shape index (κ1) is 23.2. The number of rotatable bonds is 4. The largest absolute Gasteiger partial charge is 0.339 e. The summed E-state index contributed by atoms with van der Waals surface area (Å²) in [7, 11) is 0. The molecular formula is C27H38N4O3. The van der Waals surface area contributed by atoms with E-state index in [0.29, 0.717) is 54.7 Å². The smallest absolute Gasteiger partial charge is 0.319 e. The fraction of sp³-hybridized carbons (Fsp3) is 0.667. The van der Waals surface area contributed by atoms with Gasteiger partial charge < -0.3 is 20.4 Å². The highest BCUT2D eigenvalue weighted by molar-refractivity contribution is 5.96. The van der Waals surface area contributed by atoms with E-state index in [2.05, 4.69) is 24.5 Å². The monoisotopic (exact) mass is 466 g/mol. The summed E-state index contributed by atoms with van der Waals surface area (Å²) in [6, 6.07) is 6.99. The van der Waals surface area contributed by atoms with Gasteiger partial charge in [0.15, 0.2) is 0 Å². The van der Waals surface area contributed by atoms with Gasteiger partial charge in [-0.15, -0.1) is 0 Å². The van der Waals surface area contributed by atoms with E-state index in [1.54, 1.807) is 29.2 Å². The quantitative estimate of drug-likeness (QED) is 0.696. The fourth-order valence-electron chi connectivity index (χ4n) is 8.25. The molecule has 1 aromatic rings. The average molecular weight is 467 g/mol. The number of carbonyl (C=O) groups excluding carboxylic acids is 3. The molecule has 6 rings (SSSR count). The van der Waals surface area contributed by atoms with Crippen LogP contribution in [0.25, 0.3) is 0 Å². The van der Waals surface area contributed by atoms with Crippen LogP contribution in [-0.4, -0.2) is 59.4 Å². The molecule has 4 amide bonds. The third-order valence-corrected chi connectivity index (χ3v) is 8.62. The number of anilines is 1. The van der Waals surface area contributed by atoms with Gasteiger partial charge in [0.25, 0.3) is 5.91 Å². The normalized spacial score (nSPS) is 34.1. The Morgan fingerprint density at radius 1 is 0.882 bits per heavy atom. The lowest BCUT2D eigenvalue weighted by atomic mass is 9.43. The van der Waals surface area contributed by atoms with Crippen LogP contribution in [-0.2, 0) is 4.79 Å². The first-order valence-electron chi connectivity index (χ1n) is 12.9. The van der Waals surface area contributed by atoms with Gasteiger partial charge in [-0.2, -0.15) is 0 Å². The molecule has 4 atom stereocenters. The second kappa shape index (κ2) is 8.28. The van der Waals surface area contributed by atoms with Crippen LogP contribution in [0.4, 0.5) is 10.5 Å². The van der Waals surface area contributed by atoms with Crippen molar-refractivity contribution in [2.75, 3.05) is 31.5 Å². The summed E-state index contributed by atoms with van der Waals surface area (Å²) in [5.41, 5.74) is 1.89. The SMILES string of the molecule is CCC(=O)N1CCN(C(=O)c2ccc(NC(=O)NC34CC5C[C@@](C)(C3)C[C@](C)(C5)C4)cc2)CC1. The van der Waals surface area contributed by atoms with Gasteiger partial charge in [-0.1, -0.05) is 20.8 Å². The first-order valence-corrected chi connectivity index (χ1v) is 12.9. The highest BCUT2D eigenvalue weighted by Crippen LogP contribution is 2.66. The number of amides is 4. The van der Waals surface area contributed by atoms with Crippen LogP contribution in [0.3, 0.4) is 0 Å². The molecule has 184 valence electrons. The Labute approximate surface area is 202 Å². The summed E-state index contributed by atoms with van der Waals surface area (Å²) >= 11 is 0. The molecule has 7 nitrogen and oxygen atoms in total. The molecule has 0 aromatic heterocycles. The minimum atomic E-state index is -0.148. The van der Waals surface area contributed by atoms with E-state index in [0.717, 1.165) is 25.2 Å². The number of urea groups is 1. The van der Waals surface area contributed by atoms with E-state index in [9.17, 15) is 14.4 Å². The van der Waals surface area contributed by atoms with Crippen molar-refractivity contribution in [3.05, 3.63) is 29.8 Å². The van der Waals surface area contributed by atoms with Crippen molar-refractivity contribution < 1.29 is 14.4 Å². The lowest BCUT2D eigenvalue weighted by Crippen LogP contribution is -2.65. The van der Waals surface area contributed by atoms with Gasteiger partial charge >= 0.3 is 6.03 Å². The number of carbonyl (C=O) groups is 3. The van der Waals surface area contributed by atoms with Crippen LogP contribution in [0.5, 0.6) is 0 Å². The van der Waals surface area contributed by atoms with Crippen molar-refractivity contribution in [1.29, 1.82) is 0 Å². The number of hydrogen-bond acceptors (Lipinski definition) is 3. The van der Waals surface area contributed by atoms with E-state index in [4.69, 9.17) is 0 Å². The van der Waals surface area contributed by atoms with Gasteiger partial charge in [0.05, 0.1) is 0 Å². The lowest BCUT2D eigenvalue weighted by Gasteiger charge is -2.65. The average Bonchev–Trinajstić information content (AvgIpc) is 2.75. The second-order valence-corrected chi connectivity index (χ2v) is 12.1. The molecule has 4 bridgehead atoms. The van der Waals surface area contributed by atoms with Gasteiger partial charge in [-0.05, 0) is 79.5 Å². The number of benzene rings is 1. The predicted octanol–water partition coefficient (Wildman–Crippen LogP) is 4.25. The minimum absolute atomic E-state index is 0.0327. The molecular weight excluding hydrogens is 428 g/mol. The molecule has 2 N–H and O–H groups in total. The van der Waals surface area contributed by atoms with E-state index >= 15 is 0 Å². The Kier molecular flexibility index (Phi) is 5.64. The van der Waals surface area contributed by atoms with Crippen LogP contribution >= 0.6 is 0 Å². The van der Waals surface area contributed by atoms with Gasteiger partial charge in [0.2, 0.25) is 5.91 Å². The lowest BCUT2D eigenvalue weighted by molar-refractivity contribution is -0.132. The maximum absolute atomic E-state index is 13.0. The Morgan fingerprint density at radius 3 is 2.03 bits per heavy atom. The number of nitrogens with zero attached hydrogens (tertiary/aromatic N) is 2. The molecule has 4 saturated carbocycles. The third kappa shape index (κ3) is 4.41. The standard InChI is InChI=1S/C27H38N4O3/c1-4-22(32)30-9-11-31(12-10-30)23(33)20-5-7-21(8-6-20)28-24(34)29-27-15-19-13-25(2,17-27)16-26(3,14-19)18-27/h5-8,19H,4,9-18H2,1-3H3,(H2,28,29,34)/t19?,25-,26+,27?. The molecule has 0 spiro atoms. The van der Waals surface area contributed by atoms with E-state index < -0.39 is 0 Å². The van der Waals surface area contributed by atoms with Gasteiger partial charge in [0, 0.05) is 49.4 Å². The molecule has 4 aliphatic carbocycles. The second-order valence-electron chi connectivity index (χ2n) is 12.1. The molecule has 0 radical (unpaired) electrons. The van der Waals surface area contributed by atoms with Crippen molar-refractivity contribution in [3.63, 3.8) is 0 Å². The molecule has 1 saturated heterocycles. The van der Waals surface area contributed by atoms with Crippen LogP contribution in [0.1, 0.15) is 76.1 Å². The van der Waals surface area contributed by atoms with Crippen LogP contribution in [0.2, 0.25) is 0 Å². The van der Waals surface area contributed by atoms with Crippen LogP contribution in [0.15, 0.2) is 24.3 Å². The molecule has 34 heavy (non-hydrogen) atoms. The van der Waals surface area contributed by atoms with E-state index in [-0.39, 0.29) is 23.4 Å². The summed E-state index contributed by atoms with van der Waals surface area (Å²) in [5, 5.41) is 6.37. The molecule has 5 aliphatic rings. The molecule has 2 unspecified atom stereocenters. The van der Waals surface area contributed by atoms with E-state index in [1.807, 2.05) is 11.8 Å². The maximum atomic E-state index is 13.0. The van der Waals surface area contributed by atoms with Crippen LogP contribution < -0.4 is 10.6 Å². The highest BCUT2D eigenvalue weighted by atomic mass is 16.2. The van der Waals surface area contributed by atoms with Gasteiger partial charge in [-0.3, -0.25) is 9.59 Å². The molecule has 5 fully saturated rings. The third-order valence-electron chi connectivity index (χ3n) is 8.62. The summed E-state index contributed by atoms with van der Waals surface area (Å²) in [5.74, 6) is 0.825. The van der Waals surface area contributed by atoms with Crippen LogP contribution in [0, 0.1) is 16.7 Å². The van der Waals surface area contributed by atoms with Crippen molar-refractivity contribution in [2.45, 2.75) is 71.3 Å². The minimum Gasteiger partial charge on any atom is -0.339 e. The molecule has 1 aliphatic heterocycles. The van der Waals surface area contributed by atoms with Crippen molar-refractivity contribution in [1.82, 2.24) is 15.1 Å². The zero-order chi connectivity index (χ0) is 24.1. The number of piperazine rings is 1. The Hall–Kier alpha value is -2.57. The fourth-order valence-corrected chi connectivity index (χ4v) is 8.25. The Morgan fingerprint density at radius 2 is 1.47 bits per heavy atom. The zero-order valence-corrected chi connectivity index (χ0v) is 20.8.